The van der Waals surface area contributed by atoms with E-state index in [0.717, 1.165) is 16.0 Å². The molecule has 0 saturated heterocycles. The number of nitrogens with one attached hydrogen (secondary N) is 2. The van der Waals surface area contributed by atoms with Gasteiger partial charge < -0.3 is 10.6 Å². The molecule has 140 valence electrons. The highest BCUT2D eigenvalue weighted by Gasteiger charge is 2.20. The van der Waals surface area contributed by atoms with Crippen LogP contribution in [0.15, 0.2) is 65.0 Å². The Bertz CT molecular complexity index is 1060. The quantitative estimate of drug-likeness (QED) is 0.712. The number of carbonyl (C=O) groups is 2. The van der Waals surface area contributed by atoms with E-state index in [2.05, 4.69) is 15.6 Å². The summed E-state index contributed by atoms with van der Waals surface area (Å²) in [5, 5.41) is 7.60. The first kappa shape index (κ1) is 18.1. The minimum Gasteiger partial charge on any atom is -0.347 e. The summed E-state index contributed by atoms with van der Waals surface area (Å²) in [5.41, 5.74) is 2.49. The fourth-order valence-corrected chi connectivity index (χ4v) is 3.54. The molecular formula is C21H16FN3O2S. The summed E-state index contributed by atoms with van der Waals surface area (Å²) in [4.78, 5) is 30.3. The number of amides is 2. The number of benzene rings is 2. The van der Waals surface area contributed by atoms with Gasteiger partial charge in [0.05, 0.1) is 13.1 Å². The highest BCUT2D eigenvalue weighted by molar-refractivity contribution is 7.09. The highest BCUT2D eigenvalue weighted by Crippen LogP contribution is 2.20. The van der Waals surface area contributed by atoms with Crippen molar-refractivity contribution in [1.29, 1.82) is 0 Å². The molecule has 0 saturated carbocycles. The fraction of sp³-hybridized carbons (Fsp3) is 0.0952. The van der Waals surface area contributed by atoms with Crippen LogP contribution < -0.4 is 10.6 Å². The number of amidine groups is 1. The SMILES string of the molecule is O=C(NCc1cccs1)c1ccc2c(c1)C(NC(=O)c1ccc(F)cc1)=NC2. The smallest absolute Gasteiger partial charge is 0.256 e. The first-order chi connectivity index (χ1) is 13.6. The van der Waals surface area contributed by atoms with Crippen molar-refractivity contribution in [3.8, 4) is 0 Å². The lowest BCUT2D eigenvalue weighted by Gasteiger charge is -2.09. The number of hydrogen-bond donors (Lipinski definition) is 2. The molecule has 7 heteroatoms. The number of aliphatic imine (C=N–C) groups is 1. The first-order valence-corrected chi connectivity index (χ1v) is 9.53. The van der Waals surface area contributed by atoms with Crippen molar-refractivity contribution in [2.24, 2.45) is 4.99 Å². The van der Waals surface area contributed by atoms with Crippen molar-refractivity contribution in [1.82, 2.24) is 10.6 Å². The van der Waals surface area contributed by atoms with E-state index in [0.29, 0.717) is 30.1 Å². The summed E-state index contributed by atoms with van der Waals surface area (Å²) in [6.45, 7) is 0.904. The van der Waals surface area contributed by atoms with E-state index in [4.69, 9.17) is 0 Å². The topological polar surface area (TPSA) is 70.6 Å². The molecule has 0 atom stereocenters. The third-order valence-electron chi connectivity index (χ3n) is 4.38. The number of halogens is 1. The lowest BCUT2D eigenvalue weighted by Crippen LogP contribution is -2.30. The van der Waals surface area contributed by atoms with Gasteiger partial charge >= 0.3 is 0 Å². The maximum Gasteiger partial charge on any atom is 0.256 e. The summed E-state index contributed by atoms with van der Waals surface area (Å²) in [7, 11) is 0. The second kappa shape index (κ2) is 7.74. The van der Waals surface area contributed by atoms with E-state index in [1.165, 1.54) is 24.3 Å². The molecule has 0 aliphatic carbocycles. The van der Waals surface area contributed by atoms with Crippen LogP contribution in [0.5, 0.6) is 0 Å². The Labute approximate surface area is 164 Å². The molecule has 0 radical (unpaired) electrons. The van der Waals surface area contributed by atoms with Gasteiger partial charge in [-0.2, -0.15) is 0 Å². The first-order valence-electron chi connectivity index (χ1n) is 8.65. The molecule has 2 N–H and O–H groups in total. The Kier molecular flexibility index (Phi) is 4.99. The average Bonchev–Trinajstić information content (AvgIpc) is 3.36. The van der Waals surface area contributed by atoms with Crippen molar-refractivity contribution in [2.45, 2.75) is 13.1 Å². The summed E-state index contributed by atoms with van der Waals surface area (Å²) in [6.07, 6.45) is 0. The van der Waals surface area contributed by atoms with Crippen LogP contribution in [0.2, 0.25) is 0 Å². The predicted molar refractivity (Wildman–Crippen MR) is 106 cm³/mol. The maximum absolute atomic E-state index is 13.0. The van der Waals surface area contributed by atoms with Crippen molar-refractivity contribution >= 4 is 29.0 Å². The van der Waals surface area contributed by atoms with Crippen LogP contribution in [0.3, 0.4) is 0 Å². The molecule has 0 unspecified atom stereocenters. The average molecular weight is 393 g/mol. The summed E-state index contributed by atoms with van der Waals surface area (Å²) >= 11 is 1.58. The molecule has 28 heavy (non-hydrogen) atoms. The largest absolute Gasteiger partial charge is 0.347 e. The minimum atomic E-state index is -0.404. The minimum absolute atomic E-state index is 0.188. The molecule has 2 heterocycles. The van der Waals surface area contributed by atoms with Crippen LogP contribution in [0.25, 0.3) is 0 Å². The Morgan fingerprint density at radius 3 is 2.57 bits per heavy atom. The molecule has 1 aliphatic rings. The van der Waals surface area contributed by atoms with Gasteiger partial charge in [0, 0.05) is 21.6 Å². The van der Waals surface area contributed by atoms with Gasteiger partial charge in [0.25, 0.3) is 11.8 Å². The van der Waals surface area contributed by atoms with Crippen molar-refractivity contribution in [3.05, 3.63) is 92.9 Å². The number of hydrogen-bond acceptors (Lipinski definition) is 4. The van der Waals surface area contributed by atoms with Gasteiger partial charge in [0.15, 0.2) is 0 Å². The van der Waals surface area contributed by atoms with Crippen molar-refractivity contribution < 1.29 is 14.0 Å². The molecule has 0 bridgehead atoms. The second-order valence-electron chi connectivity index (χ2n) is 6.26. The van der Waals surface area contributed by atoms with Gasteiger partial charge in [-0.3, -0.25) is 14.6 Å². The zero-order valence-electron chi connectivity index (χ0n) is 14.7. The molecule has 4 rings (SSSR count). The Morgan fingerprint density at radius 2 is 1.82 bits per heavy atom. The summed E-state index contributed by atoms with van der Waals surface area (Å²) < 4.78 is 13.0. The van der Waals surface area contributed by atoms with Crippen LogP contribution in [-0.4, -0.2) is 17.6 Å². The molecule has 1 aromatic heterocycles. The van der Waals surface area contributed by atoms with Crippen LogP contribution in [0.4, 0.5) is 4.39 Å². The normalized spacial score (nSPS) is 12.2. The number of nitrogens with zero attached hydrogens (tertiary/aromatic N) is 1. The predicted octanol–water partition coefficient (Wildman–Crippen LogP) is 3.51. The lowest BCUT2D eigenvalue weighted by molar-refractivity contribution is 0.0949. The monoisotopic (exact) mass is 393 g/mol. The summed E-state index contributed by atoms with van der Waals surface area (Å²) in [6, 6.07) is 14.5. The third kappa shape index (κ3) is 3.84. The number of thiophene rings is 1. The van der Waals surface area contributed by atoms with Crippen LogP contribution in [0.1, 0.15) is 36.7 Å². The molecule has 0 spiro atoms. The van der Waals surface area contributed by atoms with Gasteiger partial charge in [-0.1, -0.05) is 12.1 Å². The van der Waals surface area contributed by atoms with Crippen LogP contribution >= 0.6 is 11.3 Å². The molecule has 1 aliphatic heterocycles. The fourth-order valence-electron chi connectivity index (χ4n) is 2.90. The Balaban J connectivity index is 1.47. The van der Waals surface area contributed by atoms with E-state index in [-0.39, 0.29) is 11.8 Å². The zero-order chi connectivity index (χ0) is 19.5. The highest BCUT2D eigenvalue weighted by atomic mass is 32.1. The van der Waals surface area contributed by atoms with Crippen LogP contribution in [0, 0.1) is 5.82 Å². The molecule has 0 fully saturated rings. The van der Waals surface area contributed by atoms with Gasteiger partial charge in [-0.15, -0.1) is 11.3 Å². The Morgan fingerprint density at radius 1 is 1.04 bits per heavy atom. The van der Waals surface area contributed by atoms with Crippen LogP contribution in [-0.2, 0) is 13.1 Å². The van der Waals surface area contributed by atoms with Gasteiger partial charge in [0.1, 0.15) is 11.7 Å². The van der Waals surface area contributed by atoms with Gasteiger partial charge in [-0.05, 0) is 53.4 Å². The molecule has 2 aromatic carbocycles. The lowest BCUT2D eigenvalue weighted by atomic mass is 10.0. The molecule has 2 amide bonds. The Hall–Kier alpha value is -3.32. The number of rotatable bonds is 4. The molecule has 5 nitrogen and oxygen atoms in total. The van der Waals surface area contributed by atoms with Gasteiger partial charge in [0.2, 0.25) is 0 Å². The number of carbonyl (C=O) groups excluding carboxylic acids is 2. The number of fused-ring (bicyclic) bond motifs is 1. The van der Waals surface area contributed by atoms with E-state index in [1.807, 2.05) is 23.6 Å². The van der Waals surface area contributed by atoms with Crippen molar-refractivity contribution in [3.63, 3.8) is 0 Å². The standard InChI is InChI=1S/C21H16FN3O2S/c22-16-7-5-13(6-8-16)21(27)25-19-18-10-14(3-4-15(18)11-23-19)20(26)24-12-17-2-1-9-28-17/h1-10H,11-12H2,(H,24,26)(H,23,25,27). The maximum atomic E-state index is 13.0. The van der Waals surface area contributed by atoms with E-state index >= 15 is 0 Å². The van der Waals surface area contributed by atoms with E-state index in [9.17, 15) is 14.0 Å². The van der Waals surface area contributed by atoms with Gasteiger partial charge in [-0.25, -0.2) is 4.39 Å². The zero-order valence-corrected chi connectivity index (χ0v) is 15.6. The molecular weight excluding hydrogens is 377 g/mol. The van der Waals surface area contributed by atoms with Crippen molar-refractivity contribution in [2.75, 3.05) is 0 Å². The molecule has 3 aromatic rings. The third-order valence-corrected chi connectivity index (χ3v) is 5.25. The summed E-state index contributed by atoms with van der Waals surface area (Å²) in [5.74, 6) is -0.554. The van der Waals surface area contributed by atoms with E-state index < -0.39 is 5.82 Å². The second-order valence-corrected chi connectivity index (χ2v) is 7.29. The van der Waals surface area contributed by atoms with E-state index in [1.54, 1.807) is 23.5 Å².